The fourth-order valence-corrected chi connectivity index (χ4v) is 4.17. The second-order valence-electron chi connectivity index (χ2n) is 6.95. The number of ether oxygens (including phenoxy) is 2. The average Bonchev–Trinajstić information content (AvgIpc) is 3.26. The number of benzene rings is 2. The van der Waals surface area contributed by atoms with Crippen LogP contribution in [0.2, 0.25) is 0 Å². The van der Waals surface area contributed by atoms with Gasteiger partial charge < -0.3 is 14.4 Å². The SMILES string of the molecule is COc1ccc(OC)c([C@H]2CCC[NH+]2CN2C(=O)c3ccccc3C2=O)c1. The molecule has 140 valence electrons. The smallest absolute Gasteiger partial charge is 0.265 e. The van der Waals surface area contributed by atoms with Crippen LogP contribution in [0.5, 0.6) is 11.5 Å². The lowest BCUT2D eigenvalue weighted by molar-refractivity contribution is -0.925. The molecule has 0 saturated carbocycles. The van der Waals surface area contributed by atoms with Gasteiger partial charge in [-0.3, -0.25) is 9.59 Å². The molecule has 27 heavy (non-hydrogen) atoms. The first-order chi connectivity index (χ1) is 13.1. The summed E-state index contributed by atoms with van der Waals surface area (Å²) in [6.45, 7) is 1.26. The van der Waals surface area contributed by atoms with Crippen LogP contribution in [0.25, 0.3) is 0 Å². The molecule has 4 rings (SSSR count). The number of nitrogens with zero attached hydrogens (tertiary/aromatic N) is 1. The van der Waals surface area contributed by atoms with Crippen LogP contribution in [0, 0.1) is 0 Å². The number of imide groups is 1. The van der Waals surface area contributed by atoms with Crippen LogP contribution in [-0.4, -0.2) is 44.1 Å². The van der Waals surface area contributed by atoms with Gasteiger partial charge in [0, 0.05) is 12.8 Å². The third-order valence-corrected chi connectivity index (χ3v) is 5.54. The summed E-state index contributed by atoms with van der Waals surface area (Å²) in [7, 11) is 3.30. The van der Waals surface area contributed by atoms with Crippen molar-refractivity contribution in [2.75, 3.05) is 27.4 Å². The highest BCUT2D eigenvalue weighted by molar-refractivity contribution is 6.21. The summed E-state index contributed by atoms with van der Waals surface area (Å²) in [6, 6.07) is 13.0. The number of rotatable bonds is 5. The average molecular weight is 367 g/mol. The Morgan fingerprint density at radius 2 is 1.74 bits per heavy atom. The highest BCUT2D eigenvalue weighted by Gasteiger charge is 2.41. The van der Waals surface area contributed by atoms with E-state index in [0.717, 1.165) is 36.4 Å². The van der Waals surface area contributed by atoms with Crippen LogP contribution in [0.15, 0.2) is 42.5 Å². The van der Waals surface area contributed by atoms with E-state index in [1.807, 2.05) is 18.2 Å². The Kier molecular flexibility index (Phi) is 4.58. The van der Waals surface area contributed by atoms with Crippen molar-refractivity contribution in [3.8, 4) is 11.5 Å². The molecule has 2 aliphatic heterocycles. The molecule has 0 spiro atoms. The zero-order valence-corrected chi connectivity index (χ0v) is 15.5. The number of carbonyl (C=O) groups excluding carboxylic acids is 2. The van der Waals surface area contributed by atoms with Crippen molar-refractivity contribution < 1.29 is 24.0 Å². The molecule has 2 heterocycles. The number of likely N-dealkylation sites (tertiary alicyclic amines) is 1. The van der Waals surface area contributed by atoms with E-state index in [1.165, 1.54) is 9.80 Å². The highest BCUT2D eigenvalue weighted by atomic mass is 16.5. The number of carbonyl (C=O) groups is 2. The summed E-state index contributed by atoms with van der Waals surface area (Å²) in [6.07, 6.45) is 2.01. The molecule has 2 aromatic rings. The maximum atomic E-state index is 12.7. The molecule has 2 amide bonds. The van der Waals surface area contributed by atoms with Crippen molar-refractivity contribution in [3.05, 3.63) is 59.2 Å². The second kappa shape index (κ2) is 7.04. The van der Waals surface area contributed by atoms with E-state index in [9.17, 15) is 9.59 Å². The fraction of sp³-hybridized carbons (Fsp3) is 0.333. The summed E-state index contributed by atoms with van der Waals surface area (Å²) < 4.78 is 10.9. The molecule has 2 aromatic carbocycles. The number of amides is 2. The predicted molar refractivity (Wildman–Crippen MR) is 99.2 cm³/mol. The fourth-order valence-electron chi connectivity index (χ4n) is 4.17. The molecule has 1 fully saturated rings. The van der Waals surface area contributed by atoms with Gasteiger partial charge in [-0.25, -0.2) is 4.90 Å². The Morgan fingerprint density at radius 3 is 2.37 bits per heavy atom. The third-order valence-electron chi connectivity index (χ3n) is 5.54. The molecule has 0 bridgehead atoms. The lowest BCUT2D eigenvalue weighted by atomic mass is 10.0. The molecule has 1 N–H and O–H groups in total. The standard InChI is InChI=1S/C21H22N2O4/c1-26-14-9-10-19(27-2)17(12-14)18-8-5-11-22(18)13-23-20(24)15-6-3-4-7-16(15)21(23)25/h3-4,6-7,9-10,12,18H,5,8,11,13H2,1-2H3/p+1/t18-/m1/s1. The van der Waals surface area contributed by atoms with Gasteiger partial charge in [-0.15, -0.1) is 0 Å². The Labute approximate surface area is 158 Å². The summed E-state index contributed by atoms with van der Waals surface area (Å²) in [5, 5.41) is 0. The number of nitrogens with one attached hydrogen (secondary N) is 1. The zero-order chi connectivity index (χ0) is 19.0. The van der Waals surface area contributed by atoms with Crippen LogP contribution in [0.4, 0.5) is 0 Å². The molecular weight excluding hydrogens is 344 g/mol. The summed E-state index contributed by atoms with van der Waals surface area (Å²) in [4.78, 5) is 28.0. The topological polar surface area (TPSA) is 60.3 Å². The van der Waals surface area contributed by atoms with E-state index in [-0.39, 0.29) is 17.9 Å². The molecular formula is C21H23N2O4+. The van der Waals surface area contributed by atoms with Crippen molar-refractivity contribution in [2.45, 2.75) is 18.9 Å². The van der Waals surface area contributed by atoms with E-state index in [1.54, 1.807) is 38.5 Å². The number of hydrogen-bond acceptors (Lipinski definition) is 4. The van der Waals surface area contributed by atoms with E-state index in [0.29, 0.717) is 17.8 Å². The number of fused-ring (bicyclic) bond motifs is 1. The predicted octanol–water partition coefficient (Wildman–Crippen LogP) is 1.68. The maximum Gasteiger partial charge on any atom is 0.265 e. The van der Waals surface area contributed by atoms with Gasteiger partial charge in [-0.1, -0.05) is 12.1 Å². The van der Waals surface area contributed by atoms with Crippen molar-refractivity contribution in [1.82, 2.24) is 4.90 Å². The molecule has 0 aliphatic carbocycles. The van der Waals surface area contributed by atoms with Gasteiger partial charge in [0.05, 0.1) is 37.5 Å². The van der Waals surface area contributed by atoms with Crippen molar-refractivity contribution in [3.63, 3.8) is 0 Å². The van der Waals surface area contributed by atoms with Crippen LogP contribution in [-0.2, 0) is 0 Å². The largest absolute Gasteiger partial charge is 0.497 e. The molecule has 0 aromatic heterocycles. The Balaban J connectivity index is 1.60. The Bertz CT molecular complexity index is 861. The summed E-state index contributed by atoms with van der Waals surface area (Å²) in [5.41, 5.74) is 2.05. The van der Waals surface area contributed by atoms with E-state index >= 15 is 0 Å². The van der Waals surface area contributed by atoms with Crippen LogP contribution < -0.4 is 14.4 Å². The maximum absolute atomic E-state index is 12.7. The number of methoxy groups -OCH3 is 2. The molecule has 2 aliphatic rings. The van der Waals surface area contributed by atoms with Gasteiger partial charge in [0.2, 0.25) is 0 Å². The van der Waals surface area contributed by atoms with Crippen molar-refractivity contribution >= 4 is 11.8 Å². The third kappa shape index (κ3) is 2.96. The Hall–Kier alpha value is -2.86. The van der Waals surface area contributed by atoms with E-state index < -0.39 is 0 Å². The number of quaternary nitrogens is 1. The minimum Gasteiger partial charge on any atom is -0.497 e. The molecule has 6 nitrogen and oxygen atoms in total. The van der Waals surface area contributed by atoms with Gasteiger partial charge in [0.1, 0.15) is 17.5 Å². The second-order valence-corrected chi connectivity index (χ2v) is 6.95. The van der Waals surface area contributed by atoms with Crippen LogP contribution >= 0.6 is 0 Å². The van der Waals surface area contributed by atoms with Crippen molar-refractivity contribution in [1.29, 1.82) is 0 Å². The first-order valence-corrected chi connectivity index (χ1v) is 9.15. The molecule has 0 radical (unpaired) electrons. The van der Waals surface area contributed by atoms with E-state index in [4.69, 9.17) is 9.47 Å². The lowest BCUT2D eigenvalue weighted by Gasteiger charge is -2.26. The normalized spacial score (nSPS) is 21.5. The molecule has 6 heteroatoms. The van der Waals surface area contributed by atoms with Gasteiger partial charge in [-0.05, 0) is 30.3 Å². The van der Waals surface area contributed by atoms with E-state index in [2.05, 4.69) is 0 Å². The van der Waals surface area contributed by atoms with Crippen LogP contribution in [0.1, 0.15) is 45.2 Å². The minimum atomic E-state index is -0.202. The quantitative estimate of drug-likeness (QED) is 0.817. The zero-order valence-electron chi connectivity index (χ0n) is 15.5. The van der Waals surface area contributed by atoms with Gasteiger partial charge in [0.25, 0.3) is 11.8 Å². The van der Waals surface area contributed by atoms with Gasteiger partial charge in [-0.2, -0.15) is 0 Å². The first-order valence-electron chi connectivity index (χ1n) is 9.15. The lowest BCUT2D eigenvalue weighted by Crippen LogP contribution is -3.12. The molecule has 1 saturated heterocycles. The molecule has 1 unspecified atom stereocenters. The van der Waals surface area contributed by atoms with Crippen molar-refractivity contribution in [2.24, 2.45) is 0 Å². The monoisotopic (exact) mass is 367 g/mol. The van der Waals surface area contributed by atoms with Crippen LogP contribution in [0.3, 0.4) is 0 Å². The van der Waals surface area contributed by atoms with Gasteiger partial charge in [0.15, 0.2) is 6.67 Å². The van der Waals surface area contributed by atoms with Gasteiger partial charge >= 0.3 is 0 Å². The first kappa shape index (κ1) is 17.5. The number of hydrogen-bond donors (Lipinski definition) is 1. The highest BCUT2D eigenvalue weighted by Crippen LogP contribution is 2.32. The molecule has 2 atom stereocenters. The Morgan fingerprint density at radius 1 is 1.04 bits per heavy atom. The summed E-state index contributed by atoms with van der Waals surface area (Å²) in [5.74, 6) is 1.18. The minimum absolute atomic E-state index is 0.152. The summed E-state index contributed by atoms with van der Waals surface area (Å²) >= 11 is 0.